The zero-order chi connectivity index (χ0) is 22.3. The number of nitrogens with zero attached hydrogens (tertiary/aromatic N) is 2. The number of hydrogen-bond acceptors (Lipinski definition) is 8. The van der Waals surface area contributed by atoms with Gasteiger partial charge in [-0.25, -0.2) is 4.79 Å². The molecule has 0 heterocycles. The lowest BCUT2D eigenvalue weighted by atomic mass is 10.1. The van der Waals surface area contributed by atoms with Crippen LogP contribution in [0.4, 0.5) is 11.4 Å². The molecule has 0 atom stereocenters. The van der Waals surface area contributed by atoms with Gasteiger partial charge in [0, 0.05) is 5.39 Å². The first-order valence-corrected chi connectivity index (χ1v) is 10.8. The van der Waals surface area contributed by atoms with Gasteiger partial charge in [0.25, 0.3) is 20.2 Å². The number of carbonyl (C=O) groups is 1. The molecule has 0 unspecified atom stereocenters. The van der Waals surface area contributed by atoms with Crippen LogP contribution in [-0.4, -0.2) is 42.1 Å². The molecule has 0 aliphatic heterocycles. The molecule has 0 aliphatic carbocycles. The molecule has 0 aromatic heterocycles. The van der Waals surface area contributed by atoms with Crippen molar-refractivity contribution in [1.82, 2.24) is 0 Å². The van der Waals surface area contributed by atoms with Crippen LogP contribution in [0, 0.1) is 0 Å². The number of carboxylic acid groups (broad SMARTS) is 1. The molecule has 30 heavy (non-hydrogen) atoms. The first-order chi connectivity index (χ1) is 13.9. The van der Waals surface area contributed by atoms with E-state index in [1.54, 1.807) is 0 Å². The number of hydrogen-bond donors (Lipinski definition) is 4. The van der Waals surface area contributed by atoms with Gasteiger partial charge in [-0.3, -0.25) is 9.11 Å². The van der Waals surface area contributed by atoms with Crippen molar-refractivity contribution in [2.24, 2.45) is 10.2 Å². The molecule has 0 amide bonds. The van der Waals surface area contributed by atoms with Crippen LogP contribution in [0.15, 0.2) is 68.6 Å². The van der Waals surface area contributed by atoms with Gasteiger partial charge in [-0.15, -0.1) is 5.11 Å². The topological polar surface area (TPSA) is 191 Å². The highest BCUT2D eigenvalue weighted by Gasteiger charge is 2.23. The number of phenols is 1. The van der Waals surface area contributed by atoms with E-state index in [-0.39, 0.29) is 22.0 Å². The first-order valence-electron chi connectivity index (χ1n) is 7.88. The third-order valence-electron chi connectivity index (χ3n) is 3.98. The van der Waals surface area contributed by atoms with Crippen LogP contribution in [0.5, 0.6) is 5.75 Å². The van der Waals surface area contributed by atoms with E-state index >= 15 is 0 Å². The molecule has 0 spiro atoms. The summed E-state index contributed by atoms with van der Waals surface area (Å²) >= 11 is 0. The van der Waals surface area contributed by atoms with Crippen LogP contribution < -0.4 is 0 Å². The molecule has 4 N–H and O–H groups in total. The highest BCUT2D eigenvalue weighted by molar-refractivity contribution is 7.86. The third kappa shape index (κ3) is 4.28. The van der Waals surface area contributed by atoms with E-state index in [9.17, 15) is 35.8 Å². The molecule has 3 aromatic carbocycles. The monoisotopic (exact) mass is 452 g/mol. The molecule has 0 radical (unpaired) electrons. The summed E-state index contributed by atoms with van der Waals surface area (Å²) in [6, 6.07) is 9.04. The number of aromatic hydroxyl groups is 1. The van der Waals surface area contributed by atoms with Gasteiger partial charge in [-0.2, -0.15) is 21.9 Å². The van der Waals surface area contributed by atoms with Gasteiger partial charge in [0.05, 0.1) is 16.1 Å². The number of phenolic OH excluding ortho intramolecular Hbond substituents is 1. The smallest absolute Gasteiger partial charge is 0.335 e. The fourth-order valence-corrected chi connectivity index (χ4v) is 3.70. The molecule has 0 fully saturated rings. The predicted octanol–water partition coefficient (Wildman–Crippen LogP) is 3.15. The van der Waals surface area contributed by atoms with Crippen LogP contribution in [-0.2, 0) is 20.2 Å². The van der Waals surface area contributed by atoms with Gasteiger partial charge in [0.1, 0.15) is 10.6 Å². The van der Waals surface area contributed by atoms with E-state index < -0.39 is 47.4 Å². The van der Waals surface area contributed by atoms with E-state index in [0.717, 1.165) is 24.3 Å². The Kier molecular flexibility index (Phi) is 5.30. The summed E-state index contributed by atoms with van der Waals surface area (Å²) in [4.78, 5) is 9.39. The Morgan fingerprint density at radius 3 is 2.00 bits per heavy atom. The van der Waals surface area contributed by atoms with Crippen LogP contribution in [0.1, 0.15) is 10.4 Å². The van der Waals surface area contributed by atoms with Crippen molar-refractivity contribution in [2.75, 3.05) is 0 Å². The van der Waals surface area contributed by atoms with Crippen molar-refractivity contribution >= 4 is 48.4 Å². The minimum Gasteiger partial charge on any atom is -0.504 e. The van der Waals surface area contributed by atoms with Gasteiger partial charge in [-0.1, -0.05) is 6.07 Å². The number of carboxylic acids is 1. The Bertz CT molecular complexity index is 1410. The minimum atomic E-state index is -4.92. The maximum Gasteiger partial charge on any atom is 0.335 e. The summed E-state index contributed by atoms with van der Waals surface area (Å²) in [6.07, 6.45) is 0. The first kappa shape index (κ1) is 21.3. The average molecular weight is 452 g/mol. The van der Waals surface area contributed by atoms with E-state index in [2.05, 4.69) is 10.2 Å². The number of aromatic carboxylic acids is 1. The summed E-state index contributed by atoms with van der Waals surface area (Å²) in [5, 5.41) is 26.8. The van der Waals surface area contributed by atoms with Crippen LogP contribution in [0.25, 0.3) is 10.8 Å². The number of azo groups is 1. The van der Waals surface area contributed by atoms with Gasteiger partial charge in [0.15, 0.2) is 5.75 Å². The van der Waals surface area contributed by atoms with E-state index in [1.165, 1.54) is 24.3 Å². The third-order valence-corrected chi connectivity index (χ3v) is 5.69. The number of rotatable bonds is 5. The fraction of sp³-hybridized carbons (Fsp3) is 0. The SMILES string of the molecule is O=C(O)c1ccc(N=Nc2c(O)c(S(=O)(=O)O)cc3cc(S(=O)(=O)O)ccc23)cc1. The Morgan fingerprint density at radius 2 is 1.47 bits per heavy atom. The van der Waals surface area contributed by atoms with Crippen molar-refractivity contribution in [3.05, 3.63) is 54.1 Å². The lowest BCUT2D eigenvalue weighted by Gasteiger charge is -2.09. The maximum absolute atomic E-state index is 11.6. The fourth-order valence-electron chi connectivity index (χ4n) is 2.57. The van der Waals surface area contributed by atoms with E-state index in [1.807, 2.05) is 0 Å². The molecule has 0 bridgehead atoms. The highest BCUT2D eigenvalue weighted by Crippen LogP contribution is 2.41. The molecule has 3 aromatic rings. The molecule has 11 nitrogen and oxygen atoms in total. The second-order valence-electron chi connectivity index (χ2n) is 5.96. The zero-order valence-electron chi connectivity index (χ0n) is 14.7. The molecule has 0 saturated carbocycles. The largest absolute Gasteiger partial charge is 0.504 e. The average Bonchev–Trinajstić information content (AvgIpc) is 2.65. The van der Waals surface area contributed by atoms with Gasteiger partial charge >= 0.3 is 5.97 Å². The molecular weight excluding hydrogens is 440 g/mol. The Labute approximate surface area is 169 Å². The normalized spacial score (nSPS) is 12.5. The summed E-state index contributed by atoms with van der Waals surface area (Å²) in [6.45, 7) is 0. The van der Waals surface area contributed by atoms with Crippen molar-refractivity contribution in [3.63, 3.8) is 0 Å². The summed E-state index contributed by atoms with van der Waals surface area (Å²) < 4.78 is 64.5. The van der Waals surface area contributed by atoms with Crippen molar-refractivity contribution in [1.29, 1.82) is 0 Å². The van der Waals surface area contributed by atoms with Crippen molar-refractivity contribution < 1.29 is 40.9 Å². The second kappa shape index (κ2) is 7.46. The van der Waals surface area contributed by atoms with Crippen LogP contribution in [0.2, 0.25) is 0 Å². The molecule has 13 heteroatoms. The van der Waals surface area contributed by atoms with E-state index in [0.29, 0.717) is 0 Å². The minimum absolute atomic E-state index is 0.00615. The van der Waals surface area contributed by atoms with Crippen molar-refractivity contribution in [3.8, 4) is 5.75 Å². The Morgan fingerprint density at radius 1 is 0.833 bits per heavy atom. The summed E-state index contributed by atoms with van der Waals surface area (Å²) in [5.41, 5.74) is -0.239. The Balaban J connectivity index is 2.23. The number of fused-ring (bicyclic) bond motifs is 1. The van der Waals surface area contributed by atoms with Crippen molar-refractivity contribution in [2.45, 2.75) is 9.79 Å². The molecule has 156 valence electrons. The predicted molar refractivity (Wildman–Crippen MR) is 103 cm³/mol. The zero-order valence-corrected chi connectivity index (χ0v) is 16.3. The molecule has 0 saturated heterocycles. The quantitative estimate of drug-likeness (QED) is 0.332. The second-order valence-corrected chi connectivity index (χ2v) is 8.77. The van der Waals surface area contributed by atoms with Gasteiger partial charge < -0.3 is 10.2 Å². The number of benzene rings is 3. The highest BCUT2D eigenvalue weighted by atomic mass is 32.2. The summed E-state index contributed by atoms with van der Waals surface area (Å²) in [7, 11) is -9.53. The van der Waals surface area contributed by atoms with Crippen LogP contribution >= 0.6 is 0 Å². The van der Waals surface area contributed by atoms with Gasteiger partial charge in [0.2, 0.25) is 0 Å². The summed E-state index contributed by atoms with van der Waals surface area (Å²) in [5.74, 6) is -2.09. The lowest BCUT2D eigenvalue weighted by Crippen LogP contribution is -2.00. The van der Waals surface area contributed by atoms with E-state index in [4.69, 9.17) is 5.11 Å². The lowest BCUT2D eigenvalue weighted by molar-refractivity contribution is 0.0697. The maximum atomic E-state index is 11.6. The molecule has 0 aliphatic rings. The standard InChI is InChI=1S/C17H12N2O9S2/c20-16-14(30(26,27)28)8-10-7-12(29(23,24)25)5-6-13(10)15(16)19-18-11-3-1-9(2-4-11)17(21)22/h1-8,20H,(H,21,22)(H,23,24,25)(H,26,27,28). The van der Waals surface area contributed by atoms with Crippen LogP contribution in [0.3, 0.4) is 0 Å². The van der Waals surface area contributed by atoms with Gasteiger partial charge in [-0.05, 0) is 47.9 Å². The Hall–Kier alpha value is -3.39. The molecular formula is C17H12N2O9S2. The molecule has 3 rings (SSSR count).